The van der Waals surface area contributed by atoms with Crippen LogP contribution in [0, 0.1) is 5.82 Å². The largest absolute Gasteiger partial charge is 0.392 e. The maximum absolute atomic E-state index is 13.2. The van der Waals surface area contributed by atoms with Crippen molar-refractivity contribution in [2.45, 2.75) is 26.0 Å². The van der Waals surface area contributed by atoms with Gasteiger partial charge in [0.2, 0.25) is 0 Å². The zero-order chi connectivity index (χ0) is 11.4. The molecule has 0 heterocycles. The number of halogens is 2. The average Bonchev–Trinajstić information content (AvgIpc) is 2.18. The van der Waals surface area contributed by atoms with Crippen LogP contribution < -0.4 is 5.32 Å². The van der Waals surface area contributed by atoms with Gasteiger partial charge in [-0.25, -0.2) is 4.39 Å². The smallest absolute Gasteiger partial charge is 0.137 e. The molecule has 2 N–H and O–H groups in total. The first-order chi connectivity index (χ1) is 7.00. The number of aliphatic hydroxyl groups excluding tert-OH is 1. The van der Waals surface area contributed by atoms with Crippen LogP contribution in [0.5, 0.6) is 0 Å². The van der Waals surface area contributed by atoms with E-state index in [-0.39, 0.29) is 11.9 Å². The normalized spacial score (nSPS) is 15.0. The predicted octanol–water partition coefficient (Wildman–Crippen LogP) is 2.62. The summed E-state index contributed by atoms with van der Waals surface area (Å²) >= 11 is 3.11. The fourth-order valence-corrected chi connectivity index (χ4v) is 1.49. The Balaban J connectivity index is 2.65. The number of nitrogens with one attached hydrogen (secondary N) is 1. The zero-order valence-corrected chi connectivity index (χ0v) is 10.4. The second-order valence-corrected chi connectivity index (χ2v) is 4.51. The summed E-state index contributed by atoms with van der Waals surface area (Å²) in [7, 11) is 0. The van der Waals surface area contributed by atoms with E-state index >= 15 is 0 Å². The molecular formula is C11H15BrFNO. The van der Waals surface area contributed by atoms with E-state index in [1.54, 1.807) is 13.0 Å². The van der Waals surface area contributed by atoms with Gasteiger partial charge in [-0.3, -0.25) is 0 Å². The fraction of sp³-hybridized carbons (Fsp3) is 0.455. The minimum absolute atomic E-state index is 0.0298. The molecule has 2 unspecified atom stereocenters. The summed E-state index contributed by atoms with van der Waals surface area (Å²) in [6.45, 7) is 4.14. The first-order valence-corrected chi connectivity index (χ1v) is 5.66. The van der Waals surface area contributed by atoms with Gasteiger partial charge in [-0.1, -0.05) is 6.07 Å². The van der Waals surface area contributed by atoms with Crippen LogP contribution in [-0.4, -0.2) is 17.8 Å². The summed E-state index contributed by atoms with van der Waals surface area (Å²) in [5, 5.41) is 12.2. The Morgan fingerprint density at radius 1 is 1.47 bits per heavy atom. The van der Waals surface area contributed by atoms with Gasteiger partial charge in [0.25, 0.3) is 0 Å². The predicted molar refractivity (Wildman–Crippen MR) is 62.2 cm³/mol. The Morgan fingerprint density at radius 3 is 2.67 bits per heavy atom. The van der Waals surface area contributed by atoms with Crippen LogP contribution >= 0.6 is 15.9 Å². The number of aliphatic hydroxyl groups is 1. The molecule has 2 atom stereocenters. The molecule has 0 aliphatic rings. The van der Waals surface area contributed by atoms with E-state index < -0.39 is 6.10 Å². The van der Waals surface area contributed by atoms with Crippen molar-refractivity contribution in [2.24, 2.45) is 0 Å². The summed E-state index contributed by atoms with van der Waals surface area (Å²) in [5.74, 6) is -0.266. The van der Waals surface area contributed by atoms with Crippen molar-refractivity contribution < 1.29 is 9.50 Å². The Kier molecular flexibility index (Phi) is 4.70. The molecule has 0 saturated carbocycles. The van der Waals surface area contributed by atoms with Gasteiger partial charge in [-0.15, -0.1) is 0 Å². The van der Waals surface area contributed by atoms with Crippen molar-refractivity contribution in [1.82, 2.24) is 5.32 Å². The van der Waals surface area contributed by atoms with Gasteiger partial charge in [0, 0.05) is 12.6 Å². The molecule has 0 aliphatic carbocycles. The number of benzene rings is 1. The molecule has 0 fully saturated rings. The van der Waals surface area contributed by atoms with Crippen LogP contribution in [-0.2, 0) is 0 Å². The summed E-state index contributed by atoms with van der Waals surface area (Å²) in [4.78, 5) is 0. The van der Waals surface area contributed by atoms with Crippen molar-refractivity contribution in [1.29, 1.82) is 0 Å². The molecular weight excluding hydrogens is 261 g/mol. The highest BCUT2D eigenvalue weighted by Gasteiger charge is 2.08. The Labute approximate surface area is 97.6 Å². The molecule has 0 bridgehead atoms. The molecule has 0 radical (unpaired) electrons. The third-order valence-corrected chi connectivity index (χ3v) is 2.81. The Morgan fingerprint density at radius 2 is 2.13 bits per heavy atom. The maximum atomic E-state index is 13.2. The molecule has 0 saturated heterocycles. The van der Waals surface area contributed by atoms with Crippen molar-refractivity contribution >= 4 is 15.9 Å². The van der Waals surface area contributed by atoms with Crippen LogP contribution in [0.1, 0.15) is 25.5 Å². The van der Waals surface area contributed by atoms with Crippen LogP contribution in [0.25, 0.3) is 0 Å². The molecule has 0 amide bonds. The van der Waals surface area contributed by atoms with Crippen molar-refractivity contribution in [3.05, 3.63) is 34.1 Å². The molecule has 1 aromatic carbocycles. The molecule has 2 nitrogen and oxygen atoms in total. The first kappa shape index (κ1) is 12.6. The SMILES string of the molecule is CC(O)CNC(C)c1ccc(Br)c(F)c1. The van der Waals surface area contributed by atoms with Gasteiger partial charge >= 0.3 is 0 Å². The molecule has 1 rings (SSSR count). The van der Waals surface area contributed by atoms with Gasteiger partial charge < -0.3 is 10.4 Å². The molecule has 1 aromatic rings. The van der Waals surface area contributed by atoms with Gasteiger partial charge in [0.1, 0.15) is 5.82 Å². The number of hydrogen-bond donors (Lipinski definition) is 2. The summed E-state index contributed by atoms with van der Waals surface area (Å²) in [6, 6.07) is 5.06. The lowest BCUT2D eigenvalue weighted by atomic mass is 10.1. The molecule has 0 aromatic heterocycles. The lowest BCUT2D eigenvalue weighted by Gasteiger charge is -2.15. The second kappa shape index (κ2) is 5.58. The molecule has 84 valence electrons. The van der Waals surface area contributed by atoms with Crippen LogP contribution in [0.3, 0.4) is 0 Å². The first-order valence-electron chi connectivity index (χ1n) is 4.87. The van der Waals surface area contributed by atoms with Gasteiger partial charge in [-0.2, -0.15) is 0 Å². The highest BCUT2D eigenvalue weighted by Crippen LogP contribution is 2.20. The van der Waals surface area contributed by atoms with E-state index in [1.807, 2.05) is 13.0 Å². The second-order valence-electron chi connectivity index (χ2n) is 3.65. The number of rotatable bonds is 4. The highest BCUT2D eigenvalue weighted by atomic mass is 79.9. The molecule has 15 heavy (non-hydrogen) atoms. The van der Waals surface area contributed by atoms with Crippen LogP contribution in [0.15, 0.2) is 22.7 Å². The van der Waals surface area contributed by atoms with Crippen molar-refractivity contribution in [3.63, 3.8) is 0 Å². The van der Waals surface area contributed by atoms with Gasteiger partial charge in [0.15, 0.2) is 0 Å². The monoisotopic (exact) mass is 275 g/mol. The quantitative estimate of drug-likeness (QED) is 0.886. The Hall–Kier alpha value is -0.450. The van der Waals surface area contributed by atoms with E-state index in [1.165, 1.54) is 6.07 Å². The fourth-order valence-electron chi connectivity index (χ4n) is 1.25. The average molecular weight is 276 g/mol. The van der Waals surface area contributed by atoms with E-state index in [0.717, 1.165) is 5.56 Å². The molecule has 0 spiro atoms. The van der Waals surface area contributed by atoms with E-state index in [4.69, 9.17) is 5.11 Å². The molecule has 0 aliphatic heterocycles. The zero-order valence-electron chi connectivity index (χ0n) is 8.80. The van der Waals surface area contributed by atoms with E-state index in [2.05, 4.69) is 21.2 Å². The topological polar surface area (TPSA) is 32.3 Å². The summed E-state index contributed by atoms with van der Waals surface area (Å²) < 4.78 is 13.7. The highest BCUT2D eigenvalue weighted by molar-refractivity contribution is 9.10. The third kappa shape index (κ3) is 3.89. The van der Waals surface area contributed by atoms with Gasteiger partial charge in [0.05, 0.1) is 10.6 Å². The standard InChI is InChI=1S/C11H15BrFNO/c1-7(15)6-14-8(2)9-3-4-10(12)11(13)5-9/h3-5,7-8,14-15H,6H2,1-2H3. The van der Waals surface area contributed by atoms with E-state index in [9.17, 15) is 4.39 Å². The lowest BCUT2D eigenvalue weighted by molar-refractivity contribution is 0.187. The summed E-state index contributed by atoms with van der Waals surface area (Å²) in [6.07, 6.45) is -0.396. The number of hydrogen-bond acceptors (Lipinski definition) is 2. The lowest BCUT2D eigenvalue weighted by Crippen LogP contribution is -2.27. The minimum atomic E-state index is -0.396. The maximum Gasteiger partial charge on any atom is 0.137 e. The van der Waals surface area contributed by atoms with Crippen LogP contribution in [0.2, 0.25) is 0 Å². The molecule has 4 heteroatoms. The van der Waals surface area contributed by atoms with Crippen LogP contribution in [0.4, 0.5) is 4.39 Å². The van der Waals surface area contributed by atoms with Gasteiger partial charge in [-0.05, 0) is 47.5 Å². The third-order valence-electron chi connectivity index (χ3n) is 2.16. The van der Waals surface area contributed by atoms with Crippen molar-refractivity contribution in [2.75, 3.05) is 6.54 Å². The Bertz CT molecular complexity index is 330. The summed E-state index contributed by atoms with van der Waals surface area (Å²) in [5.41, 5.74) is 0.872. The van der Waals surface area contributed by atoms with E-state index in [0.29, 0.717) is 11.0 Å². The van der Waals surface area contributed by atoms with Crippen molar-refractivity contribution in [3.8, 4) is 0 Å². The minimum Gasteiger partial charge on any atom is -0.392 e.